The molecule has 9 heteroatoms. The number of alkyl carbamates (subject to hydrolysis) is 1. The molecule has 7 nitrogen and oxygen atoms in total. The van der Waals surface area contributed by atoms with Gasteiger partial charge in [0.2, 0.25) is 0 Å². The minimum Gasteiger partial charge on any atom is -0.416 e. The first-order chi connectivity index (χ1) is 17.6. The van der Waals surface area contributed by atoms with Crippen LogP contribution < -0.4 is 10.6 Å². The Hall–Kier alpha value is -3.56. The van der Waals surface area contributed by atoms with Crippen LogP contribution in [0.1, 0.15) is 37.5 Å². The first-order valence-electron chi connectivity index (χ1n) is 12.2. The van der Waals surface area contributed by atoms with Crippen LogP contribution in [0.5, 0.6) is 0 Å². The molecule has 2 aromatic carbocycles. The van der Waals surface area contributed by atoms with E-state index in [9.17, 15) is 18.7 Å². The van der Waals surface area contributed by atoms with Crippen molar-refractivity contribution in [3.05, 3.63) is 95.8 Å². The molecule has 3 rings (SSSR count). The Kier molecular flexibility index (Phi) is 9.93. The van der Waals surface area contributed by atoms with Gasteiger partial charge in [-0.05, 0) is 60.6 Å². The van der Waals surface area contributed by atoms with Crippen molar-refractivity contribution >= 4 is 6.09 Å². The summed E-state index contributed by atoms with van der Waals surface area (Å²) in [5.41, 5.74) is 3.47. The summed E-state index contributed by atoms with van der Waals surface area (Å²) in [4.78, 5) is 16.3. The van der Waals surface area contributed by atoms with Gasteiger partial charge >= 0.3 is 6.09 Å². The summed E-state index contributed by atoms with van der Waals surface area (Å²) in [6.07, 6.45) is 4.32. The van der Waals surface area contributed by atoms with Gasteiger partial charge in [0, 0.05) is 31.5 Å². The van der Waals surface area contributed by atoms with Crippen LogP contribution >= 0.6 is 0 Å². The van der Waals surface area contributed by atoms with Crippen molar-refractivity contribution in [1.82, 2.24) is 20.2 Å². The molecule has 3 N–H and O–H groups in total. The zero-order valence-electron chi connectivity index (χ0n) is 21.4. The number of carbonyl (C=O) groups is 1. The van der Waals surface area contributed by atoms with Crippen LogP contribution in [0.25, 0.3) is 5.69 Å². The van der Waals surface area contributed by atoms with E-state index in [1.165, 1.54) is 24.6 Å². The van der Waals surface area contributed by atoms with Gasteiger partial charge in [0.1, 0.15) is 11.6 Å². The van der Waals surface area contributed by atoms with E-state index in [0.29, 0.717) is 18.0 Å². The molecule has 0 saturated heterocycles. The second-order valence-corrected chi connectivity index (χ2v) is 9.55. The number of nitrogens with one attached hydrogen (secondary N) is 2. The lowest BCUT2D eigenvalue weighted by Crippen LogP contribution is -2.48. The minimum absolute atomic E-state index is 0.00697. The van der Waals surface area contributed by atoms with Crippen LogP contribution in [0.3, 0.4) is 0 Å². The lowest BCUT2D eigenvalue weighted by molar-refractivity contribution is 0.113. The van der Waals surface area contributed by atoms with Gasteiger partial charge in [-0.3, -0.25) is 0 Å². The number of hydrogen-bond acceptors (Lipinski definition) is 5. The van der Waals surface area contributed by atoms with Crippen LogP contribution in [0.4, 0.5) is 13.6 Å². The highest BCUT2D eigenvalue weighted by atomic mass is 19.1. The van der Waals surface area contributed by atoms with Gasteiger partial charge in [-0.25, -0.2) is 18.6 Å². The molecule has 198 valence electrons. The number of aliphatic hydroxyl groups excluding tert-OH is 1. The van der Waals surface area contributed by atoms with Crippen molar-refractivity contribution in [3.63, 3.8) is 0 Å². The second kappa shape index (κ2) is 13.1. The topological polar surface area (TPSA) is 88.4 Å². The molecule has 0 bridgehead atoms. The summed E-state index contributed by atoms with van der Waals surface area (Å²) in [6.45, 7) is 9.91. The standard InChI is InChI=1S/C28H34F2N4O3/c1-18(2)9-20-5-6-26(34-8-7-31-17-34)22(10-20)15-32-16-27(35)25(33-28(36)37-19(3)4)13-21-11-23(29)14-24(30)12-21/h5-8,10-12,14,17-18,25,27,32,35H,3,9,13,15-16H2,1-2,4H3,(H,33,36). The second-order valence-electron chi connectivity index (χ2n) is 9.55. The number of hydrogen-bond donors (Lipinski definition) is 3. The Bertz CT molecular complexity index is 1180. The molecule has 0 fully saturated rings. The lowest BCUT2D eigenvalue weighted by Gasteiger charge is -2.25. The lowest BCUT2D eigenvalue weighted by atomic mass is 9.99. The van der Waals surface area contributed by atoms with Crippen LogP contribution in [0, 0.1) is 17.6 Å². The van der Waals surface area contributed by atoms with E-state index >= 15 is 0 Å². The number of rotatable bonds is 12. The largest absolute Gasteiger partial charge is 0.416 e. The van der Waals surface area contributed by atoms with Gasteiger partial charge in [0.05, 0.1) is 29.9 Å². The SMILES string of the molecule is C=C(C)OC(=O)NC(Cc1cc(F)cc(F)c1)C(O)CNCc1cc(CC(C)C)ccc1-n1ccnc1. The Morgan fingerprint density at radius 3 is 2.49 bits per heavy atom. The number of nitrogens with zero attached hydrogens (tertiary/aromatic N) is 2. The van der Waals surface area contributed by atoms with E-state index in [-0.39, 0.29) is 18.7 Å². The van der Waals surface area contributed by atoms with Crippen molar-refractivity contribution in [2.24, 2.45) is 5.92 Å². The molecular weight excluding hydrogens is 478 g/mol. The number of halogens is 2. The number of benzene rings is 2. The predicted octanol–water partition coefficient (Wildman–Crippen LogP) is 4.67. The Morgan fingerprint density at radius 2 is 1.86 bits per heavy atom. The fourth-order valence-electron chi connectivity index (χ4n) is 4.13. The first kappa shape index (κ1) is 28.0. The van der Waals surface area contributed by atoms with Gasteiger partial charge in [-0.15, -0.1) is 0 Å². The number of carbonyl (C=O) groups excluding carboxylic acids is 1. The highest BCUT2D eigenvalue weighted by molar-refractivity contribution is 5.68. The summed E-state index contributed by atoms with van der Waals surface area (Å²) >= 11 is 0. The summed E-state index contributed by atoms with van der Waals surface area (Å²) in [6, 6.07) is 8.50. The fourth-order valence-corrected chi connectivity index (χ4v) is 4.13. The zero-order chi connectivity index (χ0) is 26.9. The molecule has 0 aliphatic carbocycles. The molecular formula is C28H34F2N4O3. The molecule has 0 spiro atoms. The molecule has 1 amide bonds. The molecule has 1 aromatic heterocycles. The third-order valence-corrected chi connectivity index (χ3v) is 5.65. The molecule has 1 heterocycles. The van der Waals surface area contributed by atoms with E-state index < -0.39 is 29.9 Å². The monoisotopic (exact) mass is 512 g/mol. The third kappa shape index (κ3) is 8.80. The van der Waals surface area contributed by atoms with Crippen molar-refractivity contribution < 1.29 is 23.4 Å². The Balaban J connectivity index is 1.73. The maximum Gasteiger partial charge on any atom is 0.412 e. The number of aliphatic hydroxyl groups is 1. The van der Waals surface area contributed by atoms with Crippen molar-refractivity contribution in [1.29, 1.82) is 0 Å². The third-order valence-electron chi connectivity index (χ3n) is 5.65. The molecule has 2 unspecified atom stereocenters. The zero-order valence-corrected chi connectivity index (χ0v) is 21.4. The fraction of sp³-hybridized carbons (Fsp3) is 0.357. The molecule has 0 aliphatic heterocycles. The maximum absolute atomic E-state index is 13.7. The number of allylic oxidation sites excluding steroid dienone is 1. The molecule has 0 radical (unpaired) electrons. The van der Waals surface area contributed by atoms with Crippen LogP contribution in [-0.2, 0) is 24.1 Å². The number of amides is 1. The van der Waals surface area contributed by atoms with E-state index in [1.807, 2.05) is 16.8 Å². The molecule has 0 aliphatic rings. The summed E-state index contributed by atoms with van der Waals surface area (Å²) < 4.78 is 34.3. The Morgan fingerprint density at radius 1 is 1.14 bits per heavy atom. The van der Waals surface area contributed by atoms with E-state index in [1.54, 1.807) is 12.5 Å². The molecule has 2 atom stereocenters. The van der Waals surface area contributed by atoms with Gasteiger partial charge in [-0.2, -0.15) is 0 Å². The van der Waals surface area contributed by atoms with Crippen molar-refractivity contribution in [3.8, 4) is 5.69 Å². The summed E-state index contributed by atoms with van der Waals surface area (Å²) in [5.74, 6) is -0.799. The van der Waals surface area contributed by atoms with Crippen molar-refractivity contribution in [2.75, 3.05) is 6.54 Å². The maximum atomic E-state index is 13.7. The highest BCUT2D eigenvalue weighted by Crippen LogP contribution is 2.19. The summed E-state index contributed by atoms with van der Waals surface area (Å²) in [5, 5.41) is 16.8. The molecule has 3 aromatic rings. The quantitative estimate of drug-likeness (QED) is 0.307. The Labute approximate surface area is 216 Å². The van der Waals surface area contributed by atoms with Crippen molar-refractivity contribution in [2.45, 2.75) is 52.3 Å². The number of ether oxygens (including phenoxy) is 1. The highest BCUT2D eigenvalue weighted by Gasteiger charge is 2.23. The summed E-state index contributed by atoms with van der Waals surface area (Å²) in [7, 11) is 0. The smallest absolute Gasteiger partial charge is 0.412 e. The van der Waals surface area contributed by atoms with Crippen LogP contribution in [-0.4, -0.2) is 39.4 Å². The average Bonchev–Trinajstić information content (AvgIpc) is 3.32. The van der Waals surface area contributed by atoms with E-state index in [4.69, 9.17) is 4.74 Å². The van der Waals surface area contributed by atoms with Gasteiger partial charge < -0.3 is 25.0 Å². The van der Waals surface area contributed by atoms with E-state index in [2.05, 4.69) is 48.2 Å². The van der Waals surface area contributed by atoms with Crippen LogP contribution in [0.15, 0.2) is 67.5 Å². The first-order valence-corrected chi connectivity index (χ1v) is 12.2. The number of aromatic nitrogens is 2. The average molecular weight is 513 g/mol. The number of imidazole rings is 1. The van der Waals surface area contributed by atoms with Gasteiger partial charge in [0.15, 0.2) is 0 Å². The van der Waals surface area contributed by atoms with Gasteiger partial charge in [0.25, 0.3) is 0 Å². The predicted molar refractivity (Wildman–Crippen MR) is 138 cm³/mol. The van der Waals surface area contributed by atoms with E-state index in [0.717, 1.165) is 23.7 Å². The normalized spacial score (nSPS) is 12.8. The van der Waals surface area contributed by atoms with Crippen LogP contribution in [0.2, 0.25) is 0 Å². The van der Waals surface area contributed by atoms with Gasteiger partial charge in [-0.1, -0.05) is 32.6 Å². The molecule has 37 heavy (non-hydrogen) atoms. The minimum atomic E-state index is -1.08. The molecule has 0 saturated carbocycles.